The fraction of sp³-hybridized carbons (Fsp3) is 0.795. The summed E-state index contributed by atoms with van der Waals surface area (Å²) >= 11 is 0. The highest BCUT2D eigenvalue weighted by Crippen LogP contribution is 2.29. The van der Waals surface area contributed by atoms with E-state index in [2.05, 4.69) is 57.2 Å². The first-order valence-corrected chi connectivity index (χ1v) is 18.5. The van der Waals surface area contributed by atoms with Gasteiger partial charge in [0.05, 0.1) is 12.2 Å². The van der Waals surface area contributed by atoms with E-state index in [9.17, 15) is 14.7 Å². The van der Waals surface area contributed by atoms with Crippen molar-refractivity contribution in [2.45, 2.75) is 180 Å². The molecule has 1 N–H and O–H groups in total. The molecular formula is C39H68O6. The number of epoxide rings is 1. The zero-order chi connectivity index (χ0) is 32.8. The molecular weight excluding hydrogens is 564 g/mol. The van der Waals surface area contributed by atoms with Gasteiger partial charge in [0.25, 0.3) is 0 Å². The maximum absolute atomic E-state index is 12.0. The van der Waals surface area contributed by atoms with Crippen molar-refractivity contribution in [3.63, 3.8) is 0 Å². The van der Waals surface area contributed by atoms with E-state index in [-0.39, 0.29) is 25.2 Å². The third-order valence-electron chi connectivity index (χ3n) is 8.21. The van der Waals surface area contributed by atoms with Crippen LogP contribution in [0.1, 0.15) is 162 Å². The van der Waals surface area contributed by atoms with E-state index in [1.54, 1.807) is 0 Å². The molecule has 45 heavy (non-hydrogen) atoms. The number of hydrogen-bond donors (Lipinski definition) is 1. The summed E-state index contributed by atoms with van der Waals surface area (Å²) in [5.41, 5.74) is 0. The molecule has 0 spiro atoms. The molecule has 6 heteroatoms. The van der Waals surface area contributed by atoms with Crippen LogP contribution in [-0.4, -0.2) is 48.6 Å². The maximum atomic E-state index is 12.0. The summed E-state index contributed by atoms with van der Waals surface area (Å²) in [6.07, 6.45) is 36.6. The van der Waals surface area contributed by atoms with Gasteiger partial charge in [-0.15, -0.1) is 0 Å². The van der Waals surface area contributed by atoms with Gasteiger partial charge in [-0.25, -0.2) is 0 Å². The minimum Gasteiger partial charge on any atom is -0.463 e. The highest BCUT2D eigenvalue weighted by molar-refractivity contribution is 5.69. The number of rotatable bonds is 31. The fourth-order valence-corrected chi connectivity index (χ4v) is 5.24. The van der Waals surface area contributed by atoms with Gasteiger partial charge in [0, 0.05) is 12.8 Å². The van der Waals surface area contributed by atoms with Crippen molar-refractivity contribution < 1.29 is 28.9 Å². The van der Waals surface area contributed by atoms with Crippen LogP contribution in [0.5, 0.6) is 0 Å². The van der Waals surface area contributed by atoms with Gasteiger partial charge in [-0.05, 0) is 57.3 Å². The van der Waals surface area contributed by atoms with Crippen LogP contribution in [0.15, 0.2) is 36.5 Å². The Balaban J connectivity index is 1.89. The molecule has 0 bridgehead atoms. The molecule has 0 aromatic carbocycles. The standard InChI is InChI=1S/C39H68O6/c1-4-5-6-7-8-11-15-18-23-28-36-37(45-36)29-24-20-21-26-31-39(42)44-33-35(40)32-43-38(41)30-25-19-16-13-10-9-12-14-17-22-27-34(2)3/h8,11,18,20,23-24,34-37,40H,4-7,9-10,12-17,19,21-22,25-33H2,1-3H3/b11-8-,23-18-,24-20-/t35-,36?,37?/m1/s1. The van der Waals surface area contributed by atoms with Crippen LogP contribution in [0.3, 0.4) is 0 Å². The summed E-state index contributed by atoms with van der Waals surface area (Å²) in [6.45, 7) is 6.53. The van der Waals surface area contributed by atoms with Gasteiger partial charge in [0.2, 0.25) is 0 Å². The highest BCUT2D eigenvalue weighted by Gasteiger charge is 2.35. The fourth-order valence-electron chi connectivity index (χ4n) is 5.24. The number of hydrogen-bond acceptors (Lipinski definition) is 6. The van der Waals surface area contributed by atoms with Gasteiger partial charge in [-0.3, -0.25) is 9.59 Å². The molecule has 260 valence electrons. The Bertz CT molecular complexity index is 801. The lowest BCUT2D eigenvalue weighted by molar-refractivity contribution is -0.152. The first-order chi connectivity index (χ1) is 21.9. The molecule has 1 saturated heterocycles. The van der Waals surface area contributed by atoms with E-state index in [0.717, 1.165) is 50.9 Å². The zero-order valence-corrected chi connectivity index (χ0v) is 29.2. The number of carbonyl (C=O) groups is 2. The third kappa shape index (κ3) is 28.1. The molecule has 1 heterocycles. The number of unbranched alkanes of at least 4 members (excludes halogenated alkanes) is 13. The number of allylic oxidation sites excluding steroid dienone is 4. The lowest BCUT2D eigenvalue weighted by Crippen LogP contribution is -2.25. The predicted octanol–water partition coefficient (Wildman–Crippen LogP) is 10.1. The number of ether oxygens (including phenoxy) is 3. The quantitative estimate of drug-likeness (QED) is 0.0354. The summed E-state index contributed by atoms with van der Waals surface area (Å²) < 4.78 is 16.0. The second-order valence-corrected chi connectivity index (χ2v) is 13.2. The lowest BCUT2D eigenvalue weighted by atomic mass is 10.0. The Morgan fingerprint density at radius 3 is 1.73 bits per heavy atom. The molecule has 0 amide bonds. The van der Waals surface area contributed by atoms with Crippen molar-refractivity contribution in [3.8, 4) is 0 Å². The van der Waals surface area contributed by atoms with Gasteiger partial charge in [0.1, 0.15) is 19.3 Å². The SMILES string of the molecule is CCCCC/C=C\C/C=C\CC1OC1C/C=C\CCCC(=O)OC[C@H](O)COC(=O)CCCCCCCCCCCCC(C)C. The number of aliphatic hydroxyl groups is 1. The summed E-state index contributed by atoms with van der Waals surface area (Å²) in [5, 5.41) is 10.00. The molecule has 0 aromatic rings. The Morgan fingerprint density at radius 2 is 1.13 bits per heavy atom. The van der Waals surface area contributed by atoms with Crippen molar-refractivity contribution >= 4 is 11.9 Å². The topological polar surface area (TPSA) is 85.4 Å². The minimum atomic E-state index is -0.989. The molecule has 3 atom stereocenters. The molecule has 1 fully saturated rings. The minimum absolute atomic E-state index is 0.137. The van der Waals surface area contributed by atoms with E-state index in [4.69, 9.17) is 14.2 Å². The van der Waals surface area contributed by atoms with Gasteiger partial charge in [-0.2, -0.15) is 0 Å². The van der Waals surface area contributed by atoms with Crippen LogP contribution in [0.2, 0.25) is 0 Å². The smallest absolute Gasteiger partial charge is 0.305 e. The molecule has 0 aliphatic carbocycles. The molecule has 1 aliphatic rings. The maximum Gasteiger partial charge on any atom is 0.305 e. The Kier molecular flexibility index (Phi) is 26.9. The van der Waals surface area contributed by atoms with Crippen LogP contribution in [0.25, 0.3) is 0 Å². The Morgan fingerprint density at radius 1 is 0.644 bits per heavy atom. The molecule has 0 aromatic heterocycles. The first kappa shape index (κ1) is 41.1. The molecule has 6 nitrogen and oxygen atoms in total. The van der Waals surface area contributed by atoms with Crippen LogP contribution in [0.4, 0.5) is 0 Å². The van der Waals surface area contributed by atoms with E-state index in [1.807, 2.05) is 0 Å². The van der Waals surface area contributed by atoms with E-state index >= 15 is 0 Å². The summed E-state index contributed by atoms with van der Waals surface area (Å²) in [6, 6.07) is 0. The normalized spacial score (nSPS) is 17.2. The van der Waals surface area contributed by atoms with Gasteiger partial charge >= 0.3 is 11.9 Å². The van der Waals surface area contributed by atoms with Gasteiger partial charge in [0.15, 0.2) is 0 Å². The number of carbonyl (C=O) groups excluding carboxylic acids is 2. The molecule has 0 radical (unpaired) electrons. The van der Waals surface area contributed by atoms with Crippen molar-refractivity contribution in [1.82, 2.24) is 0 Å². The number of esters is 2. The lowest BCUT2D eigenvalue weighted by Gasteiger charge is -2.12. The van der Waals surface area contributed by atoms with Crippen molar-refractivity contribution in [2.75, 3.05) is 13.2 Å². The Labute approximate surface area is 276 Å². The monoisotopic (exact) mass is 633 g/mol. The van der Waals surface area contributed by atoms with E-state index < -0.39 is 6.10 Å². The molecule has 1 rings (SSSR count). The zero-order valence-electron chi connectivity index (χ0n) is 29.2. The largest absolute Gasteiger partial charge is 0.463 e. The summed E-state index contributed by atoms with van der Waals surface area (Å²) in [4.78, 5) is 23.9. The van der Waals surface area contributed by atoms with Crippen LogP contribution < -0.4 is 0 Å². The van der Waals surface area contributed by atoms with Crippen LogP contribution >= 0.6 is 0 Å². The summed E-state index contributed by atoms with van der Waals surface area (Å²) in [7, 11) is 0. The first-order valence-electron chi connectivity index (χ1n) is 18.5. The predicted molar refractivity (Wildman–Crippen MR) is 186 cm³/mol. The van der Waals surface area contributed by atoms with E-state index in [0.29, 0.717) is 31.5 Å². The molecule has 2 unspecified atom stereocenters. The average Bonchev–Trinajstić information content (AvgIpc) is 3.78. The van der Waals surface area contributed by atoms with Crippen molar-refractivity contribution in [2.24, 2.45) is 5.92 Å². The van der Waals surface area contributed by atoms with Crippen molar-refractivity contribution in [3.05, 3.63) is 36.5 Å². The highest BCUT2D eigenvalue weighted by atomic mass is 16.6. The third-order valence-corrected chi connectivity index (χ3v) is 8.21. The second kappa shape index (κ2) is 29.5. The van der Waals surface area contributed by atoms with Crippen LogP contribution in [0, 0.1) is 5.92 Å². The average molecular weight is 633 g/mol. The number of aliphatic hydroxyl groups excluding tert-OH is 1. The second-order valence-electron chi connectivity index (χ2n) is 13.2. The molecule has 1 aliphatic heterocycles. The van der Waals surface area contributed by atoms with Gasteiger partial charge in [-0.1, -0.05) is 134 Å². The van der Waals surface area contributed by atoms with E-state index in [1.165, 1.54) is 77.0 Å². The van der Waals surface area contributed by atoms with Crippen molar-refractivity contribution in [1.29, 1.82) is 0 Å². The molecule has 0 saturated carbocycles. The summed E-state index contributed by atoms with van der Waals surface area (Å²) in [5.74, 6) is 0.186. The Hall–Kier alpha value is -1.92. The van der Waals surface area contributed by atoms with Crippen LogP contribution in [-0.2, 0) is 23.8 Å². The van der Waals surface area contributed by atoms with Gasteiger partial charge < -0.3 is 19.3 Å².